The van der Waals surface area contributed by atoms with Gasteiger partial charge in [0, 0.05) is 13.1 Å². The van der Waals surface area contributed by atoms with E-state index in [1.54, 1.807) is 6.33 Å². The van der Waals surface area contributed by atoms with Gasteiger partial charge in [-0.25, -0.2) is 15.0 Å². The summed E-state index contributed by atoms with van der Waals surface area (Å²) in [6, 6.07) is 0. The van der Waals surface area contributed by atoms with Crippen molar-refractivity contribution >= 4 is 45.4 Å². The molecule has 1 saturated heterocycles. The fourth-order valence-electron chi connectivity index (χ4n) is 2.96. The van der Waals surface area contributed by atoms with Gasteiger partial charge in [0.1, 0.15) is 28.9 Å². The van der Waals surface area contributed by atoms with E-state index in [1.807, 2.05) is 0 Å². The van der Waals surface area contributed by atoms with Crippen LogP contribution in [0.15, 0.2) is 6.33 Å². The van der Waals surface area contributed by atoms with Crippen molar-refractivity contribution in [2.24, 2.45) is 0 Å². The van der Waals surface area contributed by atoms with E-state index in [9.17, 15) is 4.55 Å². The molecule has 0 N–H and O–H groups in total. The fraction of sp³-hybridized carbons (Fsp3) is 0.625. The van der Waals surface area contributed by atoms with E-state index in [-0.39, 0.29) is 5.28 Å². The van der Waals surface area contributed by atoms with Crippen molar-refractivity contribution < 1.29 is 4.55 Å². The molecule has 7 nitrogen and oxygen atoms in total. The Bertz CT molecular complexity index is 725. The second kappa shape index (κ2) is 8.33. The zero-order valence-electron chi connectivity index (χ0n) is 14.6. The van der Waals surface area contributed by atoms with Crippen molar-refractivity contribution in [2.45, 2.75) is 26.7 Å². The molecule has 1 aliphatic heterocycles. The van der Waals surface area contributed by atoms with E-state index < -0.39 is 11.2 Å². The fourth-order valence-corrected chi connectivity index (χ4v) is 4.17. The summed E-state index contributed by atoms with van der Waals surface area (Å²) in [4.78, 5) is 22.0. The van der Waals surface area contributed by atoms with E-state index in [4.69, 9.17) is 11.6 Å². The second-order valence-electron chi connectivity index (χ2n) is 5.98. The van der Waals surface area contributed by atoms with Crippen LogP contribution in [0.4, 0.5) is 11.6 Å². The highest BCUT2D eigenvalue weighted by molar-refractivity contribution is 7.91. The minimum Gasteiger partial charge on any atom is -0.616 e. The molecule has 0 unspecified atom stereocenters. The summed E-state index contributed by atoms with van der Waals surface area (Å²) in [6.45, 7) is 7.39. The van der Waals surface area contributed by atoms with Gasteiger partial charge in [-0.3, -0.25) is 0 Å². The number of hydrogen-bond acceptors (Lipinski definition) is 7. The molecule has 0 atom stereocenters. The molecule has 136 valence electrons. The van der Waals surface area contributed by atoms with Crippen molar-refractivity contribution in [3.63, 3.8) is 0 Å². The molecular weight excluding hydrogens is 360 g/mol. The lowest BCUT2D eigenvalue weighted by molar-refractivity contribution is 0.585. The number of unbranched alkanes of at least 4 members (excludes halogenated alkanes) is 1. The highest BCUT2D eigenvalue weighted by Gasteiger charge is 2.25. The summed E-state index contributed by atoms with van der Waals surface area (Å²) in [5, 5.41) is 0.191. The molecule has 1 aliphatic rings. The van der Waals surface area contributed by atoms with Gasteiger partial charge in [-0.05, 0) is 24.9 Å². The average molecular weight is 383 g/mol. The molecule has 2 aromatic rings. The molecule has 0 aliphatic carbocycles. The molecule has 0 radical (unpaired) electrons. The molecule has 9 heteroatoms. The van der Waals surface area contributed by atoms with E-state index in [2.05, 4.69) is 43.6 Å². The van der Waals surface area contributed by atoms with E-state index >= 15 is 0 Å². The van der Waals surface area contributed by atoms with Crippen molar-refractivity contribution in [3.05, 3.63) is 11.6 Å². The number of halogens is 1. The van der Waals surface area contributed by atoms with E-state index in [1.165, 1.54) is 0 Å². The normalized spacial score (nSPS) is 15.8. The third-order valence-electron chi connectivity index (χ3n) is 4.36. The summed E-state index contributed by atoms with van der Waals surface area (Å²) < 4.78 is 11.6. The molecule has 3 rings (SSSR count). The Morgan fingerprint density at radius 3 is 2.64 bits per heavy atom. The molecule has 25 heavy (non-hydrogen) atoms. The zero-order valence-corrected chi connectivity index (χ0v) is 16.2. The molecule has 0 saturated carbocycles. The Kier molecular flexibility index (Phi) is 6.14. The minimum atomic E-state index is -0.750. The number of hydrogen-bond donors (Lipinski definition) is 0. The van der Waals surface area contributed by atoms with Gasteiger partial charge in [0.2, 0.25) is 5.28 Å². The van der Waals surface area contributed by atoms with Crippen molar-refractivity contribution in [3.8, 4) is 0 Å². The Hall–Kier alpha value is -1.38. The van der Waals surface area contributed by atoms with Gasteiger partial charge in [0.15, 0.2) is 11.6 Å². The van der Waals surface area contributed by atoms with Crippen molar-refractivity contribution in [1.29, 1.82) is 0 Å². The third-order valence-corrected chi connectivity index (χ3v) is 5.80. The van der Waals surface area contributed by atoms with Crippen LogP contribution < -0.4 is 9.80 Å². The highest BCUT2D eigenvalue weighted by atomic mass is 35.5. The maximum Gasteiger partial charge on any atom is 0.225 e. The summed E-state index contributed by atoms with van der Waals surface area (Å²) in [6.07, 6.45) is 3.77. The van der Waals surface area contributed by atoms with E-state index in [0.29, 0.717) is 41.4 Å². The van der Waals surface area contributed by atoms with Crippen LogP contribution in [0, 0.1) is 0 Å². The standard InChI is InChI=1S/C16H23ClN6OS/c1-3-5-6-22(4-2)14-13-12(18-11-19-14)15(21-16(17)20-13)23-7-9-25(24)10-8-23/h11H,3-10H2,1-2H3. The molecule has 0 spiro atoms. The largest absolute Gasteiger partial charge is 0.616 e. The SMILES string of the molecule is CCCCN(CC)c1ncnc2c(N3CC[S+]([O-])CC3)nc(Cl)nc12. The first kappa shape index (κ1) is 18.4. The van der Waals surface area contributed by atoms with Gasteiger partial charge in [0.25, 0.3) is 0 Å². The lowest BCUT2D eigenvalue weighted by Crippen LogP contribution is -2.41. The molecule has 0 aromatic carbocycles. The average Bonchev–Trinajstić information content (AvgIpc) is 2.62. The van der Waals surface area contributed by atoms with Gasteiger partial charge in [-0.1, -0.05) is 24.5 Å². The summed E-state index contributed by atoms with van der Waals surface area (Å²) in [7, 11) is 0. The highest BCUT2D eigenvalue weighted by Crippen LogP contribution is 2.29. The number of nitrogens with zero attached hydrogens (tertiary/aromatic N) is 6. The smallest absolute Gasteiger partial charge is 0.225 e. The summed E-state index contributed by atoms with van der Waals surface area (Å²) in [5.74, 6) is 2.78. The number of anilines is 2. The number of fused-ring (bicyclic) bond motifs is 1. The first-order valence-corrected chi connectivity index (χ1v) is 10.5. The molecule has 2 aromatic heterocycles. The monoisotopic (exact) mass is 382 g/mol. The molecule has 0 bridgehead atoms. The minimum absolute atomic E-state index is 0.191. The lowest BCUT2D eigenvalue weighted by atomic mass is 10.3. The second-order valence-corrected chi connectivity index (χ2v) is 8.01. The van der Waals surface area contributed by atoms with Crippen LogP contribution in [0.1, 0.15) is 26.7 Å². The van der Waals surface area contributed by atoms with Crippen molar-refractivity contribution in [2.75, 3.05) is 47.5 Å². The van der Waals surface area contributed by atoms with Gasteiger partial charge >= 0.3 is 0 Å². The third kappa shape index (κ3) is 4.07. The topological polar surface area (TPSA) is 81.1 Å². The van der Waals surface area contributed by atoms with Gasteiger partial charge in [0.05, 0.1) is 13.1 Å². The Labute approximate surface area is 156 Å². The Morgan fingerprint density at radius 2 is 1.96 bits per heavy atom. The van der Waals surface area contributed by atoms with Gasteiger partial charge in [-0.2, -0.15) is 4.98 Å². The van der Waals surface area contributed by atoms with Gasteiger partial charge in [-0.15, -0.1) is 0 Å². The quantitative estimate of drug-likeness (QED) is 0.559. The first-order valence-electron chi connectivity index (χ1n) is 8.67. The summed E-state index contributed by atoms with van der Waals surface area (Å²) >= 11 is 5.46. The Morgan fingerprint density at radius 1 is 1.20 bits per heavy atom. The van der Waals surface area contributed by atoms with Crippen LogP contribution in [0.3, 0.4) is 0 Å². The molecule has 1 fully saturated rings. The maximum absolute atomic E-state index is 11.6. The maximum atomic E-state index is 11.6. The molecule has 3 heterocycles. The van der Waals surface area contributed by atoms with Gasteiger partial charge < -0.3 is 14.4 Å². The summed E-state index contributed by atoms with van der Waals surface area (Å²) in [5.41, 5.74) is 1.39. The van der Waals surface area contributed by atoms with Crippen LogP contribution in [0.5, 0.6) is 0 Å². The lowest BCUT2D eigenvalue weighted by Gasteiger charge is -2.29. The zero-order chi connectivity index (χ0) is 17.8. The van der Waals surface area contributed by atoms with Crippen LogP contribution in [0.2, 0.25) is 5.28 Å². The first-order chi connectivity index (χ1) is 12.1. The molecule has 0 amide bonds. The van der Waals surface area contributed by atoms with Crippen molar-refractivity contribution in [1.82, 2.24) is 19.9 Å². The van der Waals surface area contributed by atoms with Crippen LogP contribution in [0.25, 0.3) is 11.0 Å². The predicted octanol–water partition coefficient (Wildman–Crippen LogP) is 2.27. The number of rotatable bonds is 6. The van der Waals surface area contributed by atoms with Crippen LogP contribution in [-0.2, 0) is 11.2 Å². The predicted molar refractivity (Wildman–Crippen MR) is 103 cm³/mol. The van der Waals surface area contributed by atoms with E-state index in [0.717, 1.165) is 31.7 Å². The Balaban J connectivity index is 2.04. The van der Waals surface area contributed by atoms with Crippen LogP contribution in [-0.4, -0.2) is 62.2 Å². The number of aromatic nitrogens is 4. The molecular formula is C16H23ClN6OS. The van der Waals surface area contributed by atoms with Crippen LogP contribution >= 0.6 is 11.6 Å².